The molecule has 1 unspecified atom stereocenters. The topological polar surface area (TPSA) is 24.1 Å². The first-order valence-electron chi connectivity index (χ1n) is 4.41. The van der Waals surface area contributed by atoms with E-state index in [9.17, 15) is 0 Å². The Morgan fingerprint density at radius 1 is 1.14 bits per heavy atom. The first-order valence-corrected chi connectivity index (χ1v) is 5.22. The molecule has 1 saturated heterocycles. The van der Waals surface area contributed by atoms with Crippen molar-refractivity contribution in [3.05, 3.63) is 35.9 Å². The average molecular weight is 222 g/mol. The van der Waals surface area contributed by atoms with Crippen molar-refractivity contribution in [3.63, 3.8) is 0 Å². The van der Waals surface area contributed by atoms with Crippen LogP contribution in [0.1, 0.15) is 18.0 Å². The number of benzene rings is 1. The van der Waals surface area contributed by atoms with Crippen molar-refractivity contribution in [1.29, 1.82) is 0 Å². The van der Waals surface area contributed by atoms with Crippen LogP contribution in [0.15, 0.2) is 30.3 Å². The Hall–Kier alpha value is -1.00. The van der Waals surface area contributed by atoms with Gasteiger partial charge in [0.15, 0.2) is 5.11 Å². The number of nitrogens with one attached hydrogen (secondary N) is 2. The third-order valence-corrected chi connectivity index (χ3v) is 2.64. The van der Waals surface area contributed by atoms with Gasteiger partial charge < -0.3 is 10.6 Å². The maximum absolute atomic E-state index is 5.12. The summed E-state index contributed by atoms with van der Waals surface area (Å²) in [5.41, 5.74) is 1.22. The van der Waals surface area contributed by atoms with Crippen LogP contribution in [0.5, 0.6) is 0 Å². The Kier molecular flexibility index (Phi) is 2.74. The van der Waals surface area contributed by atoms with Crippen molar-refractivity contribution < 1.29 is 0 Å². The zero-order chi connectivity index (χ0) is 9.97. The van der Waals surface area contributed by atoms with E-state index in [-0.39, 0.29) is 6.04 Å². The van der Waals surface area contributed by atoms with Crippen molar-refractivity contribution in [1.82, 2.24) is 10.6 Å². The predicted molar refractivity (Wildman–Crippen MR) is 65.3 cm³/mol. The molecule has 0 aromatic heterocycles. The van der Waals surface area contributed by atoms with Crippen LogP contribution in [0, 0.1) is 0 Å². The lowest BCUT2D eigenvalue weighted by atomic mass is 10.0. The second-order valence-corrected chi connectivity index (χ2v) is 4.09. The molecular weight excluding hydrogens is 212 g/mol. The molecule has 4 heteroatoms. The quantitative estimate of drug-likeness (QED) is 0.709. The smallest absolute Gasteiger partial charge is 0.171 e. The summed E-state index contributed by atoms with van der Waals surface area (Å²) < 4.78 is 0. The fraction of sp³-hybridized carbons (Fsp3) is 0.200. The van der Waals surface area contributed by atoms with Crippen molar-refractivity contribution >= 4 is 34.5 Å². The maximum atomic E-state index is 5.12. The van der Waals surface area contributed by atoms with E-state index in [4.69, 9.17) is 24.4 Å². The first kappa shape index (κ1) is 9.55. The van der Waals surface area contributed by atoms with E-state index in [0.717, 1.165) is 11.4 Å². The first-order chi connectivity index (χ1) is 6.75. The fourth-order valence-corrected chi connectivity index (χ4v) is 2.09. The van der Waals surface area contributed by atoms with Crippen LogP contribution in [-0.2, 0) is 0 Å². The Bertz CT molecular complexity index is 346. The highest BCUT2D eigenvalue weighted by Gasteiger charge is 2.19. The van der Waals surface area contributed by atoms with Crippen LogP contribution in [0.2, 0.25) is 0 Å². The zero-order valence-electron chi connectivity index (χ0n) is 7.49. The van der Waals surface area contributed by atoms with Gasteiger partial charge in [0.1, 0.15) is 0 Å². The van der Waals surface area contributed by atoms with E-state index in [1.165, 1.54) is 5.56 Å². The van der Waals surface area contributed by atoms with Gasteiger partial charge >= 0.3 is 0 Å². The molecule has 0 spiro atoms. The summed E-state index contributed by atoms with van der Waals surface area (Å²) in [6, 6.07) is 10.4. The van der Waals surface area contributed by atoms with E-state index in [2.05, 4.69) is 22.8 Å². The third-order valence-electron chi connectivity index (χ3n) is 2.15. The van der Waals surface area contributed by atoms with Crippen molar-refractivity contribution in [3.8, 4) is 0 Å². The molecule has 1 aromatic rings. The summed E-state index contributed by atoms with van der Waals surface area (Å²) in [6.07, 6.45) is 0.805. The SMILES string of the molecule is S=C1CC(c2ccccc2)NC(=S)N1. The number of thiocarbonyl (C=S) groups is 2. The summed E-state index contributed by atoms with van der Waals surface area (Å²) in [6.45, 7) is 0. The van der Waals surface area contributed by atoms with E-state index in [1.807, 2.05) is 18.2 Å². The van der Waals surface area contributed by atoms with Gasteiger partial charge in [-0.2, -0.15) is 0 Å². The second-order valence-electron chi connectivity index (χ2n) is 3.19. The Morgan fingerprint density at radius 3 is 2.50 bits per heavy atom. The molecule has 1 aromatic carbocycles. The van der Waals surface area contributed by atoms with Crippen molar-refractivity contribution in [2.45, 2.75) is 12.5 Å². The lowest BCUT2D eigenvalue weighted by Gasteiger charge is -2.27. The predicted octanol–water partition coefficient (Wildman–Crippen LogP) is 1.92. The minimum absolute atomic E-state index is 0.220. The molecule has 1 atom stereocenters. The maximum Gasteiger partial charge on any atom is 0.171 e. The van der Waals surface area contributed by atoms with Crippen LogP contribution in [-0.4, -0.2) is 10.1 Å². The number of hydrogen-bond acceptors (Lipinski definition) is 2. The van der Waals surface area contributed by atoms with Crippen LogP contribution in [0.4, 0.5) is 0 Å². The fourth-order valence-electron chi connectivity index (χ4n) is 1.49. The van der Waals surface area contributed by atoms with Crippen molar-refractivity contribution in [2.75, 3.05) is 0 Å². The van der Waals surface area contributed by atoms with E-state index in [1.54, 1.807) is 0 Å². The molecule has 2 rings (SSSR count). The van der Waals surface area contributed by atoms with Crippen LogP contribution in [0.3, 0.4) is 0 Å². The summed E-state index contributed by atoms with van der Waals surface area (Å²) in [4.78, 5) is 0.808. The molecule has 0 amide bonds. The molecule has 1 heterocycles. The van der Waals surface area contributed by atoms with Gasteiger partial charge in [-0.25, -0.2) is 0 Å². The lowest BCUT2D eigenvalue weighted by Crippen LogP contribution is -2.47. The van der Waals surface area contributed by atoms with Gasteiger partial charge in [-0.05, 0) is 17.8 Å². The van der Waals surface area contributed by atoms with Gasteiger partial charge in [-0.3, -0.25) is 0 Å². The second kappa shape index (κ2) is 4.02. The van der Waals surface area contributed by atoms with E-state index < -0.39 is 0 Å². The molecule has 0 aliphatic carbocycles. The average Bonchev–Trinajstić information content (AvgIpc) is 2.18. The molecule has 2 nitrogen and oxygen atoms in total. The highest BCUT2D eigenvalue weighted by molar-refractivity contribution is 7.81. The molecular formula is C10H10N2S2. The Labute approximate surface area is 93.7 Å². The van der Waals surface area contributed by atoms with Gasteiger partial charge in [0.05, 0.1) is 11.0 Å². The normalized spacial score (nSPS) is 21.3. The molecule has 0 bridgehead atoms. The monoisotopic (exact) mass is 222 g/mol. The standard InChI is InChI=1S/C10H10N2S2/c13-9-6-8(11-10(14)12-9)7-4-2-1-3-5-7/h1-5,8H,6H2,(H2,11,12,13,14). The summed E-state index contributed by atoms with van der Waals surface area (Å²) >= 11 is 10.2. The highest BCUT2D eigenvalue weighted by Crippen LogP contribution is 2.18. The van der Waals surface area contributed by atoms with Crippen molar-refractivity contribution in [2.24, 2.45) is 0 Å². The van der Waals surface area contributed by atoms with E-state index >= 15 is 0 Å². The largest absolute Gasteiger partial charge is 0.355 e. The molecule has 1 fully saturated rings. The molecule has 0 radical (unpaired) electrons. The van der Waals surface area contributed by atoms with Crippen LogP contribution >= 0.6 is 24.4 Å². The van der Waals surface area contributed by atoms with Gasteiger partial charge in [-0.15, -0.1) is 0 Å². The Balaban J connectivity index is 2.19. The highest BCUT2D eigenvalue weighted by atomic mass is 32.1. The Morgan fingerprint density at radius 2 is 1.86 bits per heavy atom. The third kappa shape index (κ3) is 2.08. The zero-order valence-corrected chi connectivity index (χ0v) is 9.12. The molecule has 2 N–H and O–H groups in total. The van der Waals surface area contributed by atoms with Gasteiger partial charge in [0.25, 0.3) is 0 Å². The molecule has 1 aliphatic rings. The molecule has 72 valence electrons. The van der Waals surface area contributed by atoms with E-state index in [0.29, 0.717) is 5.11 Å². The summed E-state index contributed by atoms with van der Waals surface area (Å²) in [7, 11) is 0. The lowest BCUT2D eigenvalue weighted by molar-refractivity contribution is 0.650. The molecule has 14 heavy (non-hydrogen) atoms. The van der Waals surface area contributed by atoms with Gasteiger partial charge in [-0.1, -0.05) is 42.5 Å². The van der Waals surface area contributed by atoms with Gasteiger partial charge in [0, 0.05) is 6.42 Å². The summed E-state index contributed by atoms with van der Waals surface area (Å²) in [5, 5.41) is 6.75. The van der Waals surface area contributed by atoms with Gasteiger partial charge in [0.2, 0.25) is 0 Å². The van der Waals surface area contributed by atoms with Crippen LogP contribution in [0.25, 0.3) is 0 Å². The number of rotatable bonds is 1. The van der Waals surface area contributed by atoms with Crippen LogP contribution < -0.4 is 10.6 Å². The summed E-state index contributed by atoms with van der Waals surface area (Å²) in [5.74, 6) is 0. The minimum atomic E-state index is 0.220. The molecule has 0 saturated carbocycles. The number of hydrogen-bond donors (Lipinski definition) is 2. The minimum Gasteiger partial charge on any atom is -0.355 e. The molecule has 1 aliphatic heterocycles.